The van der Waals surface area contributed by atoms with Gasteiger partial charge in [0.15, 0.2) is 5.78 Å². The first-order chi connectivity index (χ1) is 7.90. The van der Waals surface area contributed by atoms with Gasteiger partial charge in [0, 0.05) is 6.07 Å². The molecule has 1 aromatic carbocycles. The Kier molecular flexibility index (Phi) is 4.14. The lowest BCUT2D eigenvalue weighted by Crippen LogP contribution is -2.40. The highest BCUT2D eigenvalue weighted by Gasteiger charge is 2.12. The molecule has 6 heteroatoms. The molecule has 4 nitrogen and oxygen atoms in total. The second-order valence-electron chi connectivity index (χ2n) is 3.55. The Labute approximate surface area is 97.0 Å². The van der Waals surface area contributed by atoms with Gasteiger partial charge in [-0.2, -0.15) is 0 Å². The van der Waals surface area contributed by atoms with E-state index in [0.29, 0.717) is 6.07 Å². The SMILES string of the molecule is CC(=O)C(C)NC(=O)Nc1ccc(F)cc1F. The van der Waals surface area contributed by atoms with Crippen molar-refractivity contribution in [2.75, 3.05) is 5.32 Å². The summed E-state index contributed by atoms with van der Waals surface area (Å²) >= 11 is 0. The fourth-order valence-corrected chi connectivity index (χ4v) is 1.05. The Bertz CT molecular complexity index is 449. The van der Waals surface area contributed by atoms with E-state index in [2.05, 4.69) is 10.6 Å². The molecule has 0 aliphatic carbocycles. The van der Waals surface area contributed by atoms with E-state index in [-0.39, 0.29) is 11.5 Å². The van der Waals surface area contributed by atoms with Crippen molar-refractivity contribution in [3.8, 4) is 0 Å². The molecule has 0 heterocycles. The van der Waals surface area contributed by atoms with Crippen molar-refractivity contribution < 1.29 is 18.4 Å². The Morgan fingerprint density at radius 3 is 2.47 bits per heavy atom. The Morgan fingerprint density at radius 1 is 1.29 bits per heavy atom. The summed E-state index contributed by atoms with van der Waals surface area (Å²) in [6.45, 7) is 2.83. The van der Waals surface area contributed by atoms with E-state index < -0.39 is 23.7 Å². The smallest absolute Gasteiger partial charge is 0.319 e. The van der Waals surface area contributed by atoms with Crippen LogP contribution in [0.1, 0.15) is 13.8 Å². The molecule has 0 spiro atoms. The maximum absolute atomic E-state index is 13.2. The lowest BCUT2D eigenvalue weighted by atomic mass is 10.2. The Hall–Kier alpha value is -1.98. The number of hydrogen-bond acceptors (Lipinski definition) is 2. The molecule has 92 valence electrons. The Balaban J connectivity index is 2.65. The highest BCUT2D eigenvalue weighted by atomic mass is 19.1. The van der Waals surface area contributed by atoms with Crippen molar-refractivity contribution in [1.29, 1.82) is 0 Å². The van der Waals surface area contributed by atoms with Gasteiger partial charge in [-0.1, -0.05) is 0 Å². The minimum atomic E-state index is -0.879. The summed E-state index contributed by atoms with van der Waals surface area (Å²) in [6, 6.07) is 1.39. The zero-order valence-electron chi connectivity index (χ0n) is 9.38. The van der Waals surface area contributed by atoms with Gasteiger partial charge in [-0.15, -0.1) is 0 Å². The normalized spacial score (nSPS) is 11.8. The summed E-state index contributed by atoms with van der Waals surface area (Å²) in [7, 11) is 0. The largest absolute Gasteiger partial charge is 0.328 e. The lowest BCUT2D eigenvalue weighted by Gasteiger charge is -2.12. The number of hydrogen-bond donors (Lipinski definition) is 2. The number of urea groups is 1. The van der Waals surface area contributed by atoms with Gasteiger partial charge >= 0.3 is 6.03 Å². The topological polar surface area (TPSA) is 58.2 Å². The zero-order valence-corrected chi connectivity index (χ0v) is 9.38. The molecule has 17 heavy (non-hydrogen) atoms. The molecule has 1 aromatic rings. The van der Waals surface area contributed by atoms with Gasteiger partial charge < -0.3 is 10.6 Å². The van der Waals surface area contributed by atoms with Crippen LogP contribution in [-0.2, 0) is 4.79 Å². The average Bonchev–Trinajstić information content (AvgIpc) is 2.22. The van der Waals surface area contributed by atoms with Crippen molar-refractivity contribution in [1.82, 2.24) is 5.32 Å². The third kappa shape index (κ3) is 3.82. The molecular weight excluding hydrogens is 230 g/mol. The molecule has 0 bridgehead atoms. The summed E-state index contributed by atoms with van der Waals surface area (Å²) in [5.41, 5.74) is -0.153. The first-order valence-electron chi connectivity index (χ1n) is 4.93. The minimum Gasteiger partial charge on any atom is -0.328 e. The number of Topliss-reactive ketones (excluding diaryl/α,β-unsaturated/α-hetero) is 1. The number of nitrogens with one attached hydrogen (secondary N) is 2. The van der Waals surface area contributed by atoms with Gasteiger partial charge in [0.2, 0.25) is 0 Å². The molecule has 0 fully saturated rings. The summed E-state index contributed by atoms with van der Waals surface area (Å²) in [6.07, 6.45) is 0. The van der Waals surface area contributed by atoms with Gasteiger partial charge in [-0.3, -0.25) is 4.79 Å². The molecule has 2 N–H and O–H groups in total. The number of rotatable bonds is 3. The predicted octanol–water partition coefficient (Wildman–Crippen LogP) is 2.06. The monoisotopic (exact) mass is 242 g/mol. The number of carbonyl (C=O) groups excluding carboxylic acids is 2. The van der Waals surface area contributed by atoms with Crippen LogP contribution in [0.15, 0.2) is 18.2 Å². The van der Waals surface area contributed by atoms with Crippen LogP contribution in [0.3, 0.4) is 0 Å². The van der Waals surface area contributed by atoms with Crippen LogP contribution in [0.4, 0.5) is 19.3 Å². The van der Waals surface area contributed by atoms with Crippen LogP contribution in [0.25, 0.3) is 0 Å². The van der Waals surface area contributed by atoms with E-state index in [0.717, 1.165) is 12.1 Å². The fraction of sp³-hybridized carbons (Fsp3) is 0.273. The van der Waals surface area contributed by atoms with Gasteiger partial charge in [0.25, 0.3) is 0 Å². The molecule has 0 aliphatic heterocycles. The van der Waals surface area contributed by atoms with Crippen molar-refractivity contribution in [3.63, 3.8) is 0 Å². The minimum absolute atomic E-state index is 0.153. The number of anilines is 1. The van der Waals surface area contributed by atoms with Crippen LogP contribution in [-0.4, -0.2) is 17.9 Å². The number of amides is 2. The van der Waals surface area contributed by atoms with Gasteiger partial charge in [-0.25, -0.2) is 13.6 Å². The average molecular weight is 242 g/mol. The van der Waals surface area contributed by atoms with E-state index in [9.17, 15) is 18.4 Å². The van der Waals surface area contributed by atoms with E-state index in [1.54, 1.807) is 0 Å². The number of benzene rings is 1. The molecule has 0 radical (unpaired) electrons. The quantitative estimate of drug-likeness (QED) is 0.852. The highest BCUT2D eigenvalue weighted by molar-refractivity contribution is 5.93. The van der Waals surface area contributed by atoms with Gasteiger partial charge in [0.1, 0.15) is 11.6 Å². The highest BCUT2D eigenvalue weighted by Crippen LogP contribution is 2.14. The van der Waals surface area contributed by atoms with Crippen LogP contribution in [0.5, 0.6) is 0 Å². The standard InChI is InChI=1S/C11H12F2N2O2/c1-6(7(2)16)14-11(17)15-10-4-3-8(12)5-9(10)13/h3-6H,1-2H3,(H2,14,15,17). The molecule has 1 unspecified atom stereocenters. The number of halogens is 2. The van der Waals surface area contributed by atoms with Crippen LogP contribution < -0.4 is 10.6 Å². The van der Waals surface area contributed by atoms with Crippen molar-refractivity contribution in [2.45, 2.75) is 19.9 Å². The second kappa shape index (κ2) is 5.38. The summed E-state index contributed by atoms with van der Waals surface area (Å²) in [4.78, 5) is 22.2. The molecular formula is C11H12F2N2O2. The molecule has 1 rings (SSSR count). The first-order valence-corrected chi connectivity index (χ1v) is 4.93. The zero-order chi connectivity index (χ0) is 13.0. The van der Waals surface area contributed by atoms with Gasteiger partial charge in [-0.05, 0) is 26.0 Å². The van der Waals surface area contributed by atoms with E-state index in [1.807, 2.05) is 0 Å². The summed E-state index contributed by atoms with van der Waals surface area (Å²) < 4.78 is 25.7. The molecule has 0 saturated carbocycles. The maximum Gasteiger partial charge on any atom is 0.319 e. The van der Waals surface area contributed by atoms with Crippen LogP contribution in [0.2, 0.25) is 0 Å². The first kappa shape index (κ1) is 13.1. The number of ketones is 1. The maximum atomic E-state index is 13.2. The van der Waals surface area contributed by atoms with Crippen molar-refractivity contribution >= 4 is 17.5 Å². The fourth-order valence-electron chi connectivity index (χ4n) is 1.05. The van der Waals surface area contributed by atoms with Gasteiger partial charge in [0.05, 0.1) is 11.7 Å². The van der Waals surface area contributed by atoms with Crippen LogP contribution in [0, 0.1) is 11.6 Å². The molecule has 0 aliphatic rings. The van der Waals surface area contributed by atoms with E-state index >= 15 is 0 Å². The van der Waals surface area contributed by atoms with Crippen molar-refractivity contribution in [2.24, 2.45) is 0 Å². The third-order valence-electron chi connectivity index (χ3n) is 2.14. The lowest BCUT2D eigenvalue weighted by molar-refractivity contribution is -0.118. The van der Waals surface area contributed by atoms with Crippen molar-refractivity contribution in [3.05, 3.63) is 29.8 Å². The Morgan fingerprint density at radius 2 is 1.94 bits per heavy atom. The van der Waals surface area contributed by atoms with E-state index in [4.69, 9.17) is 0 Å². The predicted molar refractivity (Wildman–Crippen MR) is 58.7 cm³/mol. The molecule has 1 atom stereocenters. The summed E-state index contributed by atoms with van der Waals surface area (Å²) in [5, 5.41) is 4.49. The number of carbonyl (C=O) groups is 2. The van der Waals surface area contributed by atoms with Crippen LogP contribution >= 0.6 is 0 Å². The molecule has 0 aromatic heterocycles. The molecule has 2 amide bonds. The third-order valence-corrected chi connectivity index (χ3v) is 2.14. The second-order valence-corrected chi connectivity index (χ2v) is 3.55. The molecule has 0 saturated heterocycles. The summed E-state index contributed by atoms with van der Waals surface area (Å²) in [5.74, 6) is -1.83. The van der Waals surface area contributed by atoms with E-state index in [1.165, 1.54) is 13.8 Å².